The van der Waals surface area contributed by atoms with Crippen LogP contribution in [0.4, 0.5) is 0 Å². The highest BCUT2D eigenvalue weighted by molar-refractivity contribution is 14.0. The van der Waals surface area contributed by atoms with Crippen molar-refractivity contribution in [2.75, 3.05) is 33.7 Å². The van der Waals surface area contributed by atoms with Gasteiger partial charge in [-0.15, -0.1) is 24.0 Å². The summed E-state index contributed by atoms with van der Waals surface area (Å²) in [6.07, 6.45) is 6.32. The number of guanidine groups is 1. The molecule has 1 fully saturated rings. The number of oxazole rings is 1. The molecule has 0 unspecified atom stereocenters. The molecule has 0 atom stereocenters. The van der Waals surface area contributed by atoms with E-state index in [2.05, 4.69) is 55.6 Å². The van der Waals surface area contributed by atoms with E-state index in [1.807, 2.05) is 50.0 Å². The second kappa shape index (κ2) is 12.3. The molecule has 0 saturated carbocycles. The van der Waals surface area contributed by atoms with Gasteiger partial charge in [0.25, 0.3) is 0 Å². The Kier molecular flexibility index (Phi) is 9.52. The second-order valence-electron chi connectivity index (χ2n) is 8.88. The Morgan fingerprint density at radius 2 is 1.94 bits per heavy atom. The van der Waals surface area contributed by atoms with Gasteiger partial charge in [-0.2, -0.15) is 5.10 Å². The molecule has 184 valence electrons. The number of hydrogen-bond acceptors (Lipinski definition) is 5. The van der Waals surface area contributed by atoms with Crippen molar-refractivity contribution >= 4 is 29.9 Å². The van der Waals surface area contributed by atoms with E-state index < -0.39 is 0 Å². The molecule has 8 nitrogen and oxygen atoms in total. The van der Waals surface area contributed by atoms with Crippen LogP contribution >= 0.6 is 24.0 Å². The van der Waals surface area contributed by atoms with Crippen molar-refractivity contribution in [2.24, 2.45) is 10.9 Å². The van der Waals surface area contributed by atoms with Crippen molar-refractivity contribution in [2.45, 2.75) is 39.8 Å². The summed E-state index contributed by atoms with van der Waals surface area (Å²) in [6, 6.07) is 10.2. The van der Waals surface area contributed by atoms with Crippen LogP contribution in [-0.2, 0) is 13.1 Å². The summed E-state index contributed by atoms with van der Waals surface area (Å²) in [4.78, 5) is 13.6. The molecule has 1 aromatic carbocycles. The Hall–Kier alpha value is -2.40. The summed E-state index contributed by atoms with van der Waals surface area (Å²) in [5.74, 6) is 3.31. The summed E-state index contributed by atoms with van der Waals surface area (Å²) in [5.41, 5.74) is 3.20. The minimum Gasteiger partial charge on any atom is -0.444 e. The highest BCUT2D eigenvalue weighted by atomic mass is 127. The topological polar surface area (TPSA) is 74.7 Å². The lowest BCUT2D eigenvalue weighted by Crippen LogP contribution is -2.43. The number of nitrogens with one attached hydrogen (secondary N) is 1. The molecule has 0 radical (unpaired) electrons. The number of piperidine rings is 1. The number of aromatic nitrogens is 3. The Bertz CT molecular complexity index is 1030. The number of nitrogens with zero attached hydrogens (tertiary/aromatic N) is 6. The monoisotopic (exact) mass is 577 g/mol. The van der Waals surface area contributed by atoms with E-state index in [1.165, 1.54) is 0 Å². The normalized spacial score (nSPS) is 15.2. The molecule has 0 amide bonds. The number of rotatable bonds is 7. The first-order chi connectivity index (χ1) is 16.0. The third-order valence-electron chi connectivity index (χ3n) is 6.34. The van der Waals surface area contributed by atoms with Crippen LogP contribution < -0.4 is 5.32 Å². The lowest BCUT2D eigenvalue weighted by molar-refractivity contribution is 0.163. The fourth-order valence-corrected chi connectivity index (χ4v) is 4.28. The van der Waals surface area contributed by atoms with E-state index >= 15 is 0 Å². The van der Waals surface area contributed by atoms with Crippen molar-refractivity contribution in [1.29, 1.82) is 0 Å². The number of hydrogen-bond donors (Lipinski definition) is 1. The van der Waals surface area contributed by atoms with Crippen LogP contribution in [0.25, 0.3) is 5.69 Å². The van der Waals surface area contributed by atoms with E-state index in [0.29, 0.717) is 5.92 Å². The first-order valence-corrected chi connectivity index (χ1v) is 11.7. The van der Waals surface area contributed by atoms with E-state index in [-0.39, 0.29) is 24.0 Å². The van der Waals surface area contributed by atoms with Crippen molar-refractivity contribution in [3.8, 4) is 5.69 Å². The van der Waals surface area contributed by atoms with Gasteiger partial charge >= 0.3 is 0 Å². The molecule has 3 aromatic rings. The maximum absolute atomic E-state index is 5.75. The Balaban J connectivity index is 0.00000324. The summed E-state index contributed by atoms with van der Waals surface area (Å²) in [7, 11) is 3.91. The number of aryl methyl sites for hydroxylation is 2. The van der Waals surface area contributed by atoms with Crippen molar-refractivity contribution in [3.63, 3.8) is 0 Å². The van der Waals surface area contributed by atoms with Gasteiger partial charge in [0, 0.05) is 38.9 Å². The molecule has 2 aromatic heterocycles. The highest BCUT2D eigenvalue weighted by Gasteiger charge is 2.21. The number of halogens is 1. The van der Waals surface area contributed by atoms with Gasteiger partial charge in [0.2, 0.25) is 5.89 Å². The molecular formula is C25H36IN7O. The standard InChI is InChI=1S/C25H35N7O.HI/c1-19-20(2)33-24(29-19)18-31-12-10-21(11-13-31)14-27-25(26-3)30(4)16-22-15-28-32(17-22)23-8-6-5-7-9-23;/h5-9,15,17,21H,10-14,16,18H2,1-4H3,(H,26,27);1H. The van der Waals surface area contributed by atoms with Crippen LogP contribution in [0.2, 0.25) is 0 Å². The van der Waals surface area contributed by atoms with Crippen molar-refractivity contribution in [1.82, 2.24) is 29.9 Å². The number of para-hydroxylation sites is 1. The summed E-state index contributed by atoms with van der Waals surface area (Å²) >= 11 is 0. The molecule has 0 bridgehead atoms. The van der Waals surface area contributed by atoms with Crippen LogP contribution in [0, 0.1) is 19.8 Å². The van der Waals surface area contributed by atoms with E-state index in [0.717, 1.165) is 80.1 Å². The molecule has 34 heavy (non-hydrogen) atoms. The van der Waals surface area contributed by atoms with Gasteiger partial charge in [-0.05, 0) is 57.8 Å². The predicted molar refractivity (Wildman–Crippen MR) is 146 cm³/mol. The second-order valence-corrected chi connectivity index (χ2v) is 8.88. The Morgan fingerprint density at radius 1 is 1.21 bits per heavy atom. The SMILES string of the molecule is CN=C(NCC1CCN(Cc2nc(C)c(C)o2)CC1)N(C)Cc1cnn(-c2ccccc2)c1.I. The summed E-state index contributed by atoms with van der Waals surface area (Å²) in [5, 5.41) is 8.07. The zero-order valence-electron chi connectivity index (χ0n) is 20.6. The minimum atomic E-state index is 0. The lowest BCUT2D eigenvalue weighted by Gasteiger charge is -2.32. The van der Waals surface area contributed by atoms with Gasteiger partial charge in [0.05, 0.1) is 24.1 Å². The molecule has 0 aliphatic carbocycles. The average Bonchev–Trinajstić information content (AvgIpc) is 3.41. The Labute approximate surface area is 219 Å². The number of benzene rings is 1. The third-order valence-corrected chi connectivity index (χ3v) is 6.34. The molecule has 1 saturated heterocycles. The quantitative estimate of drug-likeness (QED) is 0.260. The average molecular weight is 578 g/mol. The number of likely N-dealkylation sites (tertiary alicyclic amines) is 1. The molecule has 0 spiro atoms. The highest BCUT2D eigenvalue weighted by Crippen LogP contribution is 2.19. The summed E-state index contributed by atoms with van der Waals surface area (Å²) in [6.45, 7) is 8.60. The van der Waals surface area contributed by atoms with E-state index in [1.54, 1.807) is 0 Å². The van der Waals surface area contributed by atoms with Gasteiger partial charge in [-0.3, -0.25) is 9.89 Å². The van der Waals surface area contributed by atoms with Gasteiger partial charge in [-0.25, -0.2) is 9.67 Å². The third kappa shape index (κ3) is 6.82. The van der Waals surface area contributed by atoms with E-state index in [9.17, 15) is 0 Å². The summed E-state index contributed by atoms with van der Waals surface area (Å²) < 4.78 is 7.66. The molecule has 4 rings (SSSR count). The number of aliphatic imine (C=N–C) groups is 1. The van der Waals surface area contributed by atoms with Gasteiger partial charge < -0.3 is 14.6 Å². The van der Waals surface area contributed by atoms with Crippen LogP contribution in [0.3, 0.4) is 0 Å². The molecular weight excluding hydrogens is 541 g/mol. The molecule has 1 aliphatic heterocycles. The molecule has 9 heteroatoms. The van der Waals surface area contributed by atoms with Gasteiger partial charge in [0.1, 0.15) is 5.76 Å². The zero-order valence-corrected chi connectivity index (χ0v) is 22.9. The molecule has 1 N–H and O–H groups in total. The van der Waals surface area contributed by atoms with Crippen molar-refractivity contribution < 1.29 is 4.42 Å². The van der Waals surface area contributed by atoms with Gasteiger partial charge in [-0.1, -0.05) is 18.2 Å². The Morgan fingerprint density at radius 3 is 2.59 bits per heavy atom. The van der Waals surface area contributed by atoms with Crippen LogP contribution in [0.15, 0.2) is 52.1 Å². The molecule has 1 aliphatic rings. The van der Waals surface area contributed by atoms with Crippen LogP contribution in [-0.4, -0.2) is 64.3 Å². The fraction of sp³-hybridized carbons (Fsp3) is 0.480. The maximum Gasteiger partial charge on any atom is 0.208 e. The first-order valence-electron chi connectivity index (χ1n) is 11.7. The lowest BCUT2D eigenvalue weighted by atomic mass is 9.97. The fourth-order valence-electron chi connectivity index (χ4n) is 4.28. The van der Waals surface area contributed by atoms with E-state index in [4.69, 9.17) is 4.42 Å². The van der Waals surface area contributed by atoms with Gasteiger partial charge in [0.15, 0.2) is 5.96 Å². The van der Waals surface area contributed by atoms with Crippen molar-refractivity contribution in [3.05, 3.63) is 65.6 Å². The zero-order chi connectivity index (χ0) is 23.2. The minimum absolute atomic E-state index is 0. The van der Waals surface area contributed by atoms with Crippen LogP contribution in [0.5, 0.6) is 0 Å². The predicted octanol–water partition coefficient (Wildman–Crippen LogP) is 4.01. The first kappa shape index (κ1) is 26.2. The smallest absolute Gasteiger partial charge is 0.208 e. The largest absolute Gasteiger partial charge is 0.444 e. The van der Waals surface area contributed by atoms with Crippen LogP contribution in [0.1, 0.15) is 35.7 Å². The molecule has 3 heterocycles. The maximum atomic E-state index is 5.75.